The molecule has 1 aromatic rings. The molecule has 0 atom stereocenters. The molecular formula is C15H19NO4S. The number of carbonyl (C=O) groups is 1. The molecule has 0 aromatic heterocycles. The fourth-order valence-corrected chi connectivity index (χ4v) is 4.00. The van der Waals surface area contributed by atoms with Crippen molar-refractivity contribution in [1.82, 2.24) is 4.31 Å². The number of carboxylic acids is 1. The van der Waals surface area contributed by atoms with Gasteiger partial charge in [0, 0.05) is 13.1 Å². The summed E-state index contributed by atoms with van der Waals surface area (Å²) in [6, 6.07) is 4.95. The quantitative estimate of drug-likeness (QED) is 0.924. The van der Waals surface area contributed by atoms with Crippen LogP contribution in [0, 0.1) is 12.8 Å². The van der Waals surface area contributed by atoms with Gasteiger partial charge in [-0.25, -0.2) is 8.42 Å². The Morgan fingerprint density at radius 3 is 2.52 bits per heavy atom. The van der Waals surface area contributed by atoms with Gasteiger partial charge in [0.15, 0.2) is 0 Å². The Morgan fingerprint density at radius 1 is 1.38 bits per heavy atom. The van der Waals surface area contributed by atoms with Gasteiger partial charge in [0.25, 0.3) is 0 Å². The van der Waals surface area contributed by atoms with Crippen molar-refractivity contribution < 1.29 is 18.3 Å². The van der Waals surface area contributed by atoms with Crippen LogP contribution in [-0.2, 0) is 14.8 Å². The molecule has 21 heavy (non-hydrogen) atoms. The topological polar surface area (TPSA) is 74.7 Å². The number of benzene rings is 1. The molecule has 2 rings (SSSR count). The predicted octanol–water partition coefficient (Wildman–Crippen LogP) is 2.12. The number of hydrogen-bond donors (Lipinski definition) is 1. The minimum Gasteiger partial charge on any atom is -0.481 e. The van der Waals surface area contributed by atoms with Crippen LogP contribution in [-0.4, -0.2) is 36.9 Å². The smallest absolute Gasteiger partial charge is 0.306 e. The van der Waals surface area contributed by atoms with Gasteiger partial charge in [0.1, 0.15) is 0 Å². The number of aliphatic carboxylic acids is 1. The van der Waals surface area contributed by atoms with Gasteiger partial charge in [0.05, 0.1) is 10.8 Å². The molecule has 1 aliphatic heterocycles. The molecule has 5 nitrogen and oxygen atoms in total. The molecule has 6 heteroatoms. The van der Waals surface area contributed by atoms with Crippen LogP contribution < -0.4 is 0 Å². The highest BCUT2D eigenvalue weighted by Gasteiger charge is 2.32. The predicted molar refractivity (Wildman–Crippen MR) is 80.4 cm³/mol. The molecule has 1 saturated heterocycles. The molecule has 0 saturated carbocycles. The van der Waals surface area contributed by atoms with E-state index in [2.05, 4.69) is 6.58 Å². The average molecular weight is 309 g/mol. The lowest BCUT2D eigenvalue weighted by molar-refractivity contribution is -0.142. The summed E-state index contributed by atoms with van der Waals surface area (Å²) < 4.78 is 26.5. The maximum absolute atomic E-state index is 12.6. The van der Waals surface area contributed by atoms with Crippen LogP contribution in [0.5, 0.6) is 0 Å². The first kappa shape index (κ1) is 15.7. The third-order valence-corrected chi connectivity index (χ3v) is 5.81. The molecule has 1 fully saturated rings. The highest BCUT2D eigenvalue weighted by Crippen LogP contribution is 2.25. The van der Waals surface area contributed by atoms with Crippen LogP contribution in [0.3, 0.4) is 0 Å². The summed E-state index contributed by atoms with van der Waals surface area (Å²) in [5.74, 6) is -1.30. The van der Waals surface area contributed by atoms with Crippen LogP contribution >= 0.6 is 0 Å². The summed E-state index contributed by atoms with van der Waals surface area (Å²) in [5.41, 5.74) is 1.75. The van der Waals surface area contributed by atoms with Crippen molar-refractivity contribution in [2.24, 2.45) is 5.92 Å². The molecule has 0 radical (unpaired) electrons. The molecule has 0 spiro atoms. The number of nitrogens with zero attached hydrogens (tertiary/aromatic N) is 1. The Kier molecular flexibility index (Phi) is 4.49. The first-order valence-corrected chi connectivity index (χ1v) is 8.26. The number of piperidine rings is 1. The minimum atomic E-state index is -3.57. The van der Waals surface area contributed by atoms with Gasteiger partial charge >= 0.3 is 5.97 Å². The number of hydrogen-bond acceptors (Lipinski definition) is 3. The summed E-state index contributed by atoms with van der Waals surface area (Å²) in [4.78, 5) is 11.2. The second-order valence-corrected chi connectivity index (χ2v) is 7.18. The van der Waals surface area contributed by atoms with E-state index in [1.165, 1.54) is 4.31 Å². The zero-order chi connectivity index (χ0) is 15.6. The lowest BCUT2D eigenvalue weighted by atomic mass is 9.99. The van der Waals surface area contributed by atoms with Crippen molar-refractivity contribution in [3.8, 4) is 0 Å². The zero-order valence-electron chi connectivity index (χ0n) is 11.9. The summed E-state index contributed by atoms with van der Waals surface area (Å²) >= 11 is 0. The third kappa shape index (κ3) is 3.16. The van der Waals surface area contributed by atoms with E-state index in [0.717, 1.165) is 11.1 Å². The average Bonchev–Trinajstić information content (AvgIpc) is 2.47. The number of rotatable bonds is 4. The van der Waals surface area contributed by atoms with Gasteiger partial charge < -0.3 is 5.11 Å². The van der Waals surface area contributed by atoms with Gasteiger partial charge in [-0.2, -0.15) is 4.31 Å². The van der Waals surface area contributed by atoms with E-state index in [-0.39, 0.29) is 18.0 Å². The monoisotopic (exact) mass is 309 g/mol. The van der Waals surface area contributed by atoms with Crippen molar-refractivity contribution in [2.45, 2.75) is 24.7 Å². The molecule has 1 N–H and O–H groups in total. The molecule has 0 aliphatic carbocycles. The lowest BCUT2D eigenvalue weighted by Crippen LogP contribution is -2.40. The second-order valence-electron chi connectivity index (χ2n) is 5.24. The molecule has 1 aliphatic rings. The standard InChI is InChI=1S/C15H19NO4S/c1-3-12-10-14(5-4-11(12)2)21(19,20)16-8-6-13(7-9-16)15(17)18/h3-5,10,13H,1,6-9H2,2H3,(H,17,18). The Labute approximate surface area is 124 Å². The molecule has 1 heterocycles. The zero-order valence-corrected chi connectivity index (χ0v) is 12.8. The van der Waals surface area contributed by atoms with E-state index >= 15 is 0 Å². The summed E-state index contributed by atoms with van der Waals surface area (Å²) in [6.07, 6.45) is 2.34. The van der Waals surface area contributed by atoms with Crippen molar-refractivity contribution in [2.75, 3.05) is 13.1 Å². The van der Waals surface area contributed by atoms with Gasteiger partial charge in [-0.05, 0) is 43.0 Å². The van der Waals surface area contributed by atoms with Crippen molar-refractivity contribution in [3.63, 3.8) is 0 Å². The summed E-state index contributed by atoms with van der Waals surface area (Å²) in [6.45, 7) is 6.07. The van der Waals surface area contributed by atoms with E-state index in [9.17, 15) is 13.2 Å². The Balaban J connectivity index is 2.23. The van der Waals surface area contributed by atoms with Gasteiger partial charge in [0.2, 0.25) is 10.0 Å². The van der Waals surface area contributed by atoms with E-state index in [0.29, 0.717) is 12.8 Å². The molecule has 0 amide bonds. The number of aryl methyl sites for hydroxylation is 1. The molecule has 0 bridgehead atoms. The van der Waals surface area contributed by atoms with Crippen LogP contribution in [0.25, 0.3) is 6.08 Å². The van der Waals surface area contributed by atoms with Gasteiger partial charge in [-0.1, -0.05) is 18.7 Å². The minimum absolute atomic E-state index is 0.233. The van der Waals surface area contributed by atoms with Crippen LogP contribution in [0.2, 0.25) is 0 Å². The van der Waals surface area contributed by atoms with Gasteiger partial charge in [-0.3, -0.25) is 4.79 Å². The largest absolute Gasteiger partial charge is 0.481 e. The van der Waals surface area contributed by atoms with Crippen LogP contribution in [0.15, 0.2) is 29.7 Å². The normalized spacial score (nSPS) is 17.6. The Bertz CT molecular complexity index is 658. The van der Waals surface area contributed by atoms with Gasteiger partial charge in [-0.15, -0.1) is 0 Å². The van der Waals surface area contributed by atoms with Crippen molar-refractivity contribution >= 4 is 22.1 Å². The first-order valence-electron chi connectivity index (χ1n) is 6.82. The van der Waals surface area contributed by atoms with Crippen LogP contribution in [0.1, 0.15) is 24.0 Å². The SMILES string of the molecule is C=Cc1cc(S(=O)(=O)N2CCC(C(=O)O)CC2)ccc1C. The summed E-state index contributed by atoms with van der Waals surface area (Å²) in [5, 5.41) is 8.96. The highest BCUT2D eigenvalue weighted by atomic mass is 32.2. The Morgan fingerprint density at radius 2 is 2.00 bits per heavy atom. The molecule has 1 aromatic carbocycles. The van der Waals surface area contributed by atoms with Crippen molar-refractivity contribution in [3.05, 3.63) is 35.9 Å². The maximum Gasteiger partial charge on any atom is 0.306 e. The molecular weight excluding hydrogens is 290 g/mol. The van der Waals surface area contributed by atoms with Crippen LogP contribution in [0.4, 0.5) is 0 Å². The fourth-order valence-electron chi connectivity index (χ4n) is 2.49. The van der Waals surface area contributed by atoms with E-state index in [1.807, 2.05) is 6.92 Å². The fraction of sp³-hybridized carbons (Fsp3) is 0.400. The third-order valence-electron chi connectivity index (χ3n) is 3.91. The Hall–Kier alpha value is -1.66. The molecule has 0 unspecified atom stereocenters. The van der Waals surface area contributed by atoms with E-state index in [1.54, 1.807) is 24.3 Å². The second kappa shape index (κ2) is 5.99. The lowest BCUT2D eigenvalue weighted by Gasteiger charge is -2.29. The first-order chi connectivity index (χ1) is 9.86. The van der Waals surface area contributed by atoms with E-state index in [4.69, 9.17) is 5.11 Å². The summed E-state index contributed by atoms with van der Waals surface area (Å²) in [7, 11) is -3.57. The maximum atomic E-state index is 12.6. The van der Waals surface area contributed by atoms with E-state index < -0.39 is 21.9 Å². The highest BCUT2D eigenvalue weighted by molar-refractivity contribution is 7.89. The number of carboxylic acid groups (broad SMARTS) is 1. The number of sulfonamides is 1. The van der Waals surface area contributed by atoms with Crippen molar-refractivity contribution in [1.29, 1.82) is 0 Å². The molecule has 114 valence electrons.